The van der Waals surface area contributed by atoms with Crippen LogP contribution in [0, 0.1) is 11.8 Å². The average molecular weight is 216 g/mol. The molecule has 1 aromatic carbocycles. The normalized spacial score (nSPS) is 10.6. The minimum Gasteiger partial charge on any atom is -0.175 e. The molecule has 0 aliphatic carbocycles. The van der Waals surface area contributed by atoms with Crippen molar-refractivity contribution < 1.29 is 13.2 Å². The Bertz CT molecular complexity index is 371. The number of halogens is 3. The summed E-state index contributed by atoms with van der Waals surface area (Å²) in [6.45, 7) is 0. The Morgan fingerprint density at radius 1 is 1.29 bits per heavy atom. The molecule has 0 N–H and O–H groups in total. The van der Waals surface area contributed by atoms with Gasteiger partial charge in [-0.1, -0.05) is 18.1 Å². The van der Waals surface area contributed by atoms with Gasteiger partial charge in [0.05, 0.1) is 0 Å². The summed E-state index contributed by atoms with van der Waals surface area (Å²) in [5, 5.41) is 0. The maximum absolute atomic E-state index is 11.7. The van der Waals surface area contributed by atoms with Crippen molar-refractivity contribution >= 4 is 12.6 Å². The van der Waals surface area contributed by atoms with Gasteiger partial charge in [0.2, 0.25) is 0 Å². The number of alkyl halides is 3. The fourth-order valence-corrected chi connectivity index (χ4v) is 1.09. The van der Waals surface area contributed by atoms with Crippen LogP contribution < -0.4 is 0 Å². The van der Waals surface area contributed by atoms with Crippen molar-refractivity contribution in [1.82, 2.24) is 0 Å². The third kappa shape index (κ3) is 3.75. The third-order valence-electron chi connectivity index (χ3n) is 1.46. The van der Waals surface area contributed by atoms with Crippen LogP contribution >= 0.6 is 12.6 Å². The molecule has 0 aliphatic heterocycles. The van der Waals surface area contributed by atoms with Gasteiger partial charge in [0, 0.05) is 17.2 Å². The predicted octanol–water partition coefficient (Wildman–Crippen LogP) is 3.03. The minimum absolute atomic E-state index is 0.355. The molecule has 0 bridgehead atoms. The van der Waals surface area contributed by atoms with E-state index in [1.807, 2.05) is 0 Å². The van der Waals surface area contributed by atoms with Crippen LogP contribution in [0.2, 0.25) is 0 Å². The first-order valence-electron chi connectivity index (χ1n) is 3.81. The van der Waals surface area contributed by atoms with Crippen molar-refractivity contribution in [2.75, 3.05) is 0 Å². The van der Waals surface area contributed by atoms with E-state index in [9.17, 15) is 13.2 Å². The van der Waals surface area contributed by atoms with Crippen LogP contribution in [0.4, 0.5) is 13.2 Å². The van der Waals surface area contributed by atoms with Gasteiger partial charge in [-0.25, -0.2) is 0 Å². The molecular weight excluding hydrogens is 209 g/mol. The summed E-state index contributed by atoms with van der Waals surface area (Å²) in [7, 11) is 0. The largest absolute Gasteiger partial charge is 0.458 e. The zero-order chi connectivity index (χ0) is 10.6. The van der Waals surface area contributed by atoms with Crippen molar-refractivity contribution in [2.24, 2.45) is 0 Å². The van der Waals surface area contributed by atoms with Gasteiger partial charge in [-0.15, -0.1) is 0 Å². The second-order valence-corrected chi connectivity index (χ2v) is 2.92. The molecule has 0 nitrogen and oxygen atoms in total. The molecule has 74 valence electrons. The smallest absolute Gasteiger partial charge is 0.175 e. The molecule has 0 radical (unpaired) electrons. The van der Waals surface area contributed by atoms with Gasteiger partial charge >= 0.3 is 6.18 Å². The van der Waals surface area contributed by atoms with E-state index in [0.29, 0.717) is 11.3 Å². The van der Waals surface area contributed by atoms with E-state index in [1.165, 1.54) is 12.0 Å². The third-order valence-corrected chi connectivity index (χ3v) is 1.82. The first-order valence-corrected chi connectivity index (χ1v) is 4.44. The van der Waals surface area contributed by atoms with Crippen molar-refractivity contribution in [3.8, 4) is 11.8 Å². The molecule has 1 rings (SSSR count). The monoisotopic (exact) mass is 216 g/mol. The fraction of sp³-hybridized carbons (Fsp3) is 0.200. The number of rotatable bonds is 1. The highest BCUT2D eigenvalue weighted by atomic mass is 32.1. The van der Waals surface area contributed by atoms with Gasteiger partial charge in [0.15, 0.2) is 0 Å². The summed E-state index contributed by atoms with van der Waals surface area (Å²) >= 11 is 4.01. The summed E-state index contributed by atoms with van der Waals surface area (Å²) in [4.78, 5) is 0. The molecule has 0 spiro atoms. The quantitative estimate of drug-likeness (QED) is 0.541. The van der Waals surface area contributed by atoms with Crippen LogP contribution in [-0.4, -0.2) is 6.18 Å². The molecule has 0 heterocycles. The lowest BCUT2D eigenvalue weighted by molar-refractivity contribution is -0.0696. The Morgan fingerprint density at radius 3 is 2.57 bits per heavy atom. The van der Waals surface area contributed by atoms with Crippen molar-refractivity contribution in [3.05, 3.63) is 35.4 Å². The lowest BCUT2D eigenvalue weighted by Gasteiger charge is -1.96. The molecule has 4 heteroatoms. The molecule has 0 fully saturated rings. The first-order chi connectivity index (χ1) is 6.51. The van der Waals surface area contributed by atoms with Crippen LogP contribution in [0.15, 0.2) is 24.3 Å². The van der Waals surface area contributed by atoms with Crippen LogP contribution in [0.1, 0.15) is 11.1 Å². The highest BCUT2D eigenvalue weighted by Gasteiger charge is 2.22. The van der Waals surface area contributed by atoms with Gasteiger partial charge in [-0.2, -0.15) is 25.8 Å². The number of hydrogen-bond donors (Lipinski definition) is 1. The Balaban J connectivity index is 2.90. The highest BCUT2D eigenvalue weighted by molar-refractivity contribution is 7.79. The zero-order valence-electron chi connectivity index (χ0n) is 7.10. The standard InChI is InChI=1S/C10H7F3S/c11-10(12,13)5-4-8-2-1-3-9(6-8)7-14/h1-3,6,14H,7H2. The summed E-state index contributed by atoms with van der Waals surface area (Å²) in [6, 6.07) is 6.56. The summed E-state index contributed by atoms with van der Waals surface area (Å²) in [5.74, 6) is 3.75. The summed E-state index contributed by atoms with van der Waals surface area (Å²) in [6.07, 6.45) is -4.43. The molecule has 0 aromatic heterocycles. The van der Waals surface area contributed by atoms with Crippen molar-refractivity contribution in [3.63, 3.8) is 0 Å². The predicted molar refractivity (Wildman–Crippen MR) is 52.1 cm³/mol. The first kappa shape index (κ1) is 11.0. The van der Waals surface area contributed by atoms with E-state index in [0.717, 1.165) is 5.56 Å². The van der Waals surface area contributed by atoms with Crippen LogP contribution in [0.25, 0.3) is 0 Å². The zero-order valence-corrected chi connectivity index (χ0v) is 7.99. The van der Waals surface area contributed by atoms with E-state index in [2.05, 4.69) is 18.5 Å². The maximum atomic E-state index is 11.7. The second kappa shape index (κ2) is 4.43. The van der Waals surface area contributed by atoms with Gasteiger partial charge in [-0.05, 0) is 17.7 Å². The molecule has 0 atom stereocenters. The number of thiol groups is 1. The Hall–Kier alpha value is -1.08. The Morgan fingerprint density at radius 2 is 2.00 bits per heavy atom. The van der Waals surface area contributed by atoms with E-state index >= 15 is 0 Å². The molecule has 0 aliphatic rings. The topological polar surface area (TPSA) is 0 Å². The SMILES string of the molecule is FC(F)(F)C#Cc1cccc(CS)c1. The average Bonchev–Trinajstić information content (AvgIpc) is 2.14. The van der Waals surface area contributed by atoms with Gasteiger partial charge in [0.1, 0.15) is 0 Å². The molecular formula is C10H7F3S. The highest BCUT2D eigenvalue weighted by Crippen LogP contribution is 2.13. The molecule has 1 aromatic rings. The lowest BCUT2D eigenvalue weighted by atomic mass is 10.1. The fourth-order valence-electron chi connectivity index (χ4n) is 0.890. The van der Waals surface area contributed by atoms with Gasteiger partial charge < -0.3 is 0 Å². The van der Waals surface area contributed by atoms with Crippen molar-refractivity contribution in [1.29, 1.82) is 0 Å². The van der Waals surface area contributed by atoms with Crippen LogP contribution in [0.5, 0.6) is 0 Å². The second-order valence-electron chi connectivity index (χ2n) is 2.61. The van der Waals surface area contributed by atoms with Crippen molar-refractivity contribution in [2.45, 2.75) is 11.9 Å². The lowest BCUT2D eigenvalue weighted by Crippen LogP contribution is -2.01. The number of hydrogen-bond acceptors (Lipinski definition) is 1. The van der Waals surface area contributed by atoms with Crippen LogP contribution in [0.3, 0.4) is 0 Å². The molecule has 0 amide bonds. The Labute approximate surface area is 85.5 Å². The molecule has 0 unspecified atom stereocenters. The van der Waals surface area contributed by atoms with E-state index < -0.39 is 6.18 Å². The van der Waals surface area contributed by atoms with E-state index in [1.54, 1.807) is 18.2 Å². The minimum atomic E-state index is -4.43. The van der Waals surface area contributed by atoms with E-state index in [4.69, 9.17) is 0 Å². The Kier molecular flexibility index (Phi) is 3.48. The molecule has 0 saturated heterocycles. The summed E-state index contributed by atoms with van der Waals surface area (Å²) in [5.41, 5.74) is 1.20. The molecule has 0 saturated carbocycles. The summed E-state index contributed by atoms with van der Waals surface area (Å²) < 4.78 is 35.2. The van der Waals surface area contributed by atoms with Gasteiger partial charge in [0.25, 0.3) is 0 Å². The van der Waals surface area contributed by atoms with Gasteiger partial charge in [-0.3, -0.25) is 0 Å². The molecule has 14 heavy (non-hydrogen) atoms. The van der Waals surface area contributed by atoms with E-state index in [-0.39, 0.29) is 0 Å². The maximum Gasteiger partial charge on any atom is 0.458 e. The number of benzene rings is 1. The van der Waals surface area contributed by atoms with Crippen LogP contribution in [-0.2, 0) is 5.75 Å².